The molecule has 0 aliphatic heterocycles. The molecule has 0 aliphatic rings. The van der Waals surface area contributed by atoms with Crippen LogP contribution in [0.5, 0.6) is 0 Å². The van der Waals surface area contributed by atoms with E-state index in [9.17, 15) is 17.6 Å². The summed E-state index contributed by atoms with van der Waals surface area (Å²) in [6.45, 7) is 0. The summed E-state index contributed by atoms with van der Waals surface area (Å²) in [6, 6.07) is 14.0. The number of nitrogens with one attached hydrogen (secondary N) is 1. The van der Waals surface area contributed by atoms with Crippen LogP contribution >= 0.6 is 31.9 Å². The number of aromatic amines is 1. The lowest BCUT2D eigenvalue weighted by molar-refractivity contribution is -0.137. The summed E-state index contributed by atoms with van der Waals surface area (Å²) in [5.74, 6) is -0.912. The summed E-state index contributed by atoms with van der Waals surface area (Å²) in [4.78, 5) is 7.56. The van der Waals surface area contributed by atoms with Gasteiger partial charge in [0.05, 0.1) is 16.6 Å². The molecule has 150 valence electrons. The minimum atomic E-state index is -4.71. The fourth-order valence-electron chi connectivity index (χ4n) is 3.75. The summed E-state index contributed by atoms with van der Waals surface area (Å²) < 4.78 is 55.9. The number of imidazole rings is 1. The van der Waals surface area contributed by atoms with Crippen LogP contribution in [0.15, 0.2) is 63.5 Å². The number of H-pyrrole nitrogens is 1. The lowest BCUT2D eigenvalue weighted by Crippen LogP contribution is -2.08. The van der Waals surface area contributed by atoms with Crippen molar-refractivity contribution in [2.24, 2.45) is 0 Å². The largest absolute Gasteiger partial charge is 0.417 e. The van der Waals surface area contributed by atoms with Gasteiger partial charge in [-0.15, -0.1) is 0 Å². The lowest BCUT2D eigenvalue weighted by atomic mass is 10.0. The van der Waals surface area contributed by atoms with Crippen molar-refractivity contribution in [2.45, 2.75) is 6.18 Å². The van der Waals surface area contributed by atoms with Gasteiger partial charge >= 0.3 is 6.18 Å². The topological polar surface area (TPSA) is 28.7 Å². The second-order valence-electron chi connectivity index (χ2n) is 6.88. The highest BCUT2D eigenvalue weighted by molar-refractivity contribution is 9.10. The van der Waals surface area contributed by atoms with E-state index in [4.69, 9.17) is 0 Å². The van der Waals surface area contributed by atoms with Crippen molar-refractivity contribution >= 4 is 64.4 Å². The van der Waals surface area contributed by atoms with Crippen molar-refractivity contribution < 1.29 is 17.6 Å². The smallest absolute Gasteiger partial charge is 0.337 e. The molecule has 0 radical (unpaired) electrons. The van der Waals surface area contributed by atoms with Crippen LogP contribution in [0.1, 0.15) is 5.56 Å². The zero-order chi connectivity index (χ0) is 21.2. The number of nitrogens with zero attached hydrogens (tertiary/aromatic N) is 1. The maximum atomic E-state index is 13.6. The first-order chi connectivity index (χ1) is 14.2. The van der Waals surface area contributed by atoms with Gasteiger partial charge in [-0.05, 0) is 53.2 Å². The standard InChI is InChI=1S/C22H10Br2F4N2/c23-10-1-4-13-16(7-10)17-8-11(24)2-5-14(17)20-19(13)29-21(30-20)15-6-3-12(25)9-18(15)22(26,27)28/h1-9H,(H,29,30). The van der Waals surface area contributed by atoms with Crippen molar-refractivity contribution in [1.82, 2.24) is 9.97 Å². The SMILES string of the molecule is Fc1ccc(-c2nc3c4ccc(Br)cc4c4cc(Br)ccc4c3[nH]2)c(C(F)(F)F)c1. The van der Waals surface area contributed by atoms with Gasteiger partial charge in [0.2, 0.25) is 0 Å². The summed E-state index contributed by atoms with van der Waals surface area (Å²) >= 11 is 6.96. The first-order valence-electron chi connectivity index (χ1n) is 8.80. The molecule has 1 N–H and O–H groups in total. The molecule has 0 saturated carbocycles. The van der Waals surface area contributed by atoms with E-state index in [1.807, 2.05) is 36.4 Å². The van der Waals surface area contributed by atoms with Crippen molar-refractivity contribution in [3.05, 3.63) is 74.9 Å². The van der Waals surface area contributed by atoms with E-state index >= 15 is 0 Å². The third-order valence-corrected chi connectivity index (χ3v) is 6.01. The molecular formula is C22H10Br2F4N2. The minimum absolute atomic E-state index is 0.0389. The molecule has 4 aromatic carbocycles. The highest BCUT2D eigenvalue weighted by Gasteiger charge is 2.35. The Morgan fingerprint density at radius 1 is 0.767 bits per heavy atom. The van der Waals surface area contributed by atoms with Crippen LogP contribution < -0.4 is 0 Å². The van der Waals surface area contributed by atoms with E-state index in [1.54, 1.807) is 0 Å². The number of hydrogen-bond acceptors (Lipinski definition) is 1. The van der Waals surface area contributed by atoms with Crippen LogP contribution in [0.4, 0.5) is 17.6 Å². The van der Waals surface area contributed by atoms with Crippen LogP contribution in [-0.2, 0) is 6.18 Å². The molecule has 0 unspecified atom stereocenters. The maximum Gasteiger partial charge on any atom is 0.417 e. The molecule has 0 spiro atoms. The second-order valence-corrected chi connectivity index (χ2v) is 8.71. The van der Waals surface area contributed by atoms with E-state index in [-0.39, 0.29) is 11.4 Å². The summed E-state index contributed by atoms with van der Waals surface area (Å²) in [6.07, 6.45) is -4.71. The third-order valence-electron chi connectivity index (χ3n) is 5.02. The fraction of sp³-hybridized carbons (Fsp3) is 0.0455. The Kier molecular flexibility index (Phi) is 4.41. The van der Waals surface area contributed by atoms with Crippen LogP contribution in [-0.4, -0.2) is 9.97 Å². The van der Waals surface area contributed by atoms with Gasteiger partial charge in [-0.2, -0.15) is 13.2 Å². The first-order valence-corrected chi connectivity index (χ1v) is 10.4. The number of aromatic nitrogens is 2. The number of fused-ring (bicyclic) bond motifs is 6. The molecule has 0 fully saturated rings. The summed E-state index contributed by atoms with van der Waals surface area (Å²) in [7, 11) is 0. The van der Waals surface area contributed by atoms with Crippen molar-refractivity contribution in [2.75, 3.05) is 0 Å². The quantitative estimate of drug-likeness (QED) is 0.169. The molecule has 1 heterocycles. The monoisotopic (exact) mass is 536 g/mol. The molecule has 5 aromatic rings. The summed E-state index contributed by atoms with van der Waals surface area (Å²) in [5, 5.41) is 3.48. The normalized spacial score (nSPS) is 12.3. The Bertz CT molecular complexity index is 1390. The van der Waals surface area contributed by atoms with Crippen LogP contribution in [0.25, 0.3) is 44.0 Å². The molecule has 0 atom stereocenters. The van der Waals surface area contributed by atoms with Crippen molar-refractivity contribution in [1.29, 1.82) is 0 Å². The van der Waals surface area contributed by atoms with E-state index in [2.05, 4.69) is 41.8 Å². The van der Waals surface area contributed by atoms with Crippen LogP contribution in [0.2, 0.25) is 0 Å². The molecule has 5 rings (SSSR count). The minimum Gasteiger partial charge on any atom is -0.337 e. The Morgan fingerprint density at radius 3 is 2.07 bits per heavy atom. The molecule has 2 nitrogen and oxygen atoms in total. The van der Waals surface area contributed by atoms with Gasteiger partial charge in [-0.1, -0.05) is 44.0 Å². The zero-order valence-corrected chi connectivity index (χ0v) is 18.1. The fourth-order valence-corrected chi connectivity index (χ4v) is 4.47. The number of alkyl halides is 3. The average Bonchev–Trinajstić information content (AvgIpc) is 3.12. The zero-order valence-electron chi connectivity index (χ0n) is 14.9. The molecule has 0 aliphatic carbocycles. The predicted molar refractivity (Wildman–Crippen MR) is 117 cm³/mol. The van der Waals surface area contributed by atoms with E-state index in [0.717, 1.165) is 42.6 Å². The molecular weight excluding hydrogens is 528 g/mol. The van der Waals surface area contributed by atoms with Gasteiger partial charge in [-0.3, -0.25) is 0 Å². The van der Waals surface area contributed by atoms with Gasteiger partial charge in [0, 0.05) is 25.3 Å². The second kappa shape index (κ2) is 6.78. The molecule has 0 saturated heterocycles. The molecule has 1 aromatic heterocycles. The molecule has 0 amide bonds. The number of benzene rings is 4. The highest BCUT2D eigenvalue weighted by Crippen LogP contribution is 2.40. The van der Waals surface area contributed by atoms with Gasteiger partial charge in [-0.25, -0.2) is 9.37 Å². The molecule has 0 bridgehead atoms. The Labute approximate surface area is 184 Å². The predicted octanol–water partition coefficient (Wildman–Crippen LogP) is 8.22. The Morgan fingerprint density at radius 2 is 1.40 bits per heavy atom. The number of rotatable bonds is 1. The van der Waals surface area contributed by atoms with Crippen molar-refractivity contribution in [3.8, 4) is 11.4 Å². The van der Waals surface area contributed by atoms with E-state index < -0.39 is 17.6 Å². The van der Waals surface area contributed by atoms with Crippen LogP contribution in [0.3, 0.4) is 0 Å². The van der Waals surface area contributed by atoms with Crippen LogP contribution in [0, 0.1) is 5.82 Å². The molecule has 8 heteroatoms. The highest BCUT2D eigenvalue weighted by atomic mass is 79.9. The average molecular weight is 538 g/mol. The summed E-state index contributed by atoms with van der Waals surface area (Å²) in [5.41, 5.74) is -0.0872. The van der Waals surface area contributed by atoms with Crippen molar-refractivity contribution in [3.63, 3.8) is 0 Å². The van der Waals surface area contributed by atoms with E-state index in [0.29, 0.717) is 17.1 Å². The van der Waals surface area contributed by atoms with E-state index in [1.165, 1.54) is 0 Å². The maximum absolute atomic E-state index is 13.6. The number of halogens is 6. The van der Waals surface area contributed by atoms with Gasteiger partial charge in [0.25, 0.3) is 0 Å². The van der Waals surface area contributed by atoms with Gasteiger partial charge in [0.1, 0.15) is 11.6 Å². The first kappa shape index (κ1) is 19.5. The number of hydrogen-bond donors (Lipinski definition) is 1. The lowest BCUT2D eigenvalue weighted by Gasteiger charge is -2.11. The van der Waals surface area contributed by atoms with Gasteiger partial charge in [0.15, 0.2) is 0 Å². The Hall–Kier alpha value is -2.45. The Balaban J connectivity index is 1.91. The van der Waals surface area contributed by atoms with Gasteiger partial charge < -0.3 is 4.98 Å². The third kappa shape index (κ3) is 3.09. The molecule has 30 heavy (non-hydrogen) atoms.